The number of likely N-dealkylation sites (tertiary alicyclic amines) is 1. The molecule has 24 heavy (non-hydrogen) atoms. The summed E-state index contributed by atoms with van der Waals surface area (Å²) in [6.45, 7) is 7.97. The monoisotopic (exact) mass is 386 g/mol. The molecule has 1 heterocycles. The molecule has 0 radical (unpaired) electrons. The van der Waals surface area contributed by atoms with Gasteiger partial charge < -0.3 is 0 Å². The van der Waals surface area contributed by atoms with Crippen molar-refractivity contribution in [2.24, 2.45) is 0 Å². The first-order valence-corrected chi connectivity index (χ1v) is 9.78. The summed E-state index contributed by atoms with van der Waals surface area (Å²) in [5.41, 5.74) is 2.84. The second-order valence-corrected chi connectivity index (χ2v) is 7.60. The van der Waals surface area contributed by atoms with Gasteiger partial charge in [0.1, 0.15) is 0 Å². The summed E-state index contributed by atoms with van der Waals surface area (Å²) in [7, 11) is 0. The second-order valence-electron chi connectivity index (χ2n) is 6.68. The highest BCUT2D eigenvalue weighted by Gasteiger charge is 2.23. The molecule has 0 bridgehead atoms. The zero-order valence-electron chi connectivity index (χ0n) is 14.5. The van der Waals surface area contributed by atoms with Crippen LogP contribution in [0.4, 0.5) is 0 Å². The van der Waals surface area contributed by atoms with Crippen LogP contribution < -0.4 is 0 Å². The molecule has 128 valence electrons. The van der Waals surface area contributed by atoms with E-state index in [0.717, 1.165) is 30.1 Å². The van der Waals surface area contributed by atoms with E-state index >= 15 is 0 Å². The summed E-state index contributed by atoms with van der Waals surface area (Å²) in [5.74, 6) is 0. The summed E-state index contributed by atoms with van der Waals surface area (Å²) in [4.78, 5) is 5.24. The van der Waals surface area contributed by atoms with Crippen LogP contribution in [-0.2, 0) is 13.1 Å². The van der Waals surface area contributed by atoms with Crippen molar-refractivity contribution in [1.29, 1.82) is 0 Å². The van der Waals surface area contributed by atoms with Crippen LogP contribution in [0, 0.1) is 0 Å². The van der Waals surface area contributed by atoms with E-state index in [1.54, 1.807) is 0 Å². The van der Waals surface area contributed by atoms with Crippen LogP contribution in [-0.4, -0.2) is 35.5 Å². The van der Waals surface area contributed by atoms with Crippen molar-refractivity contribution < 1.29 is 0 Å². The van der Waals surface area contributed by atoms with Gasteiger partial charge in [0, 0.05) is 23.6 Å². The number of halogens is 1. The highest BCUT2D eigenvalue weighted by atomic mass is 79.9. The van der Waals surface area contributed by atoms with Crippen molar-refractivity contribution in [3.63, 3.8) is 0 Å². The molecule has 2 nitrogen and oxygen atoms in total. The van der Waals surface area contributed by atoms with Crippen LogP contribution in [0.25, 0.3) is 0 Å². The fraction of sp³-hybridized carbons (Fsp3) is 0.429. The topological polar surface area (TPSA) is 6.48 Å². The molecule has 2 aromatic carbocycles. The average molecular weight is 387 g/mol. The van der Waals surface area contributed by atoms with E-state index in [4.69, 9.17) is 0 Å². The van der Waals surface area contributed by atoms with Crippen LogP contribution >= 0.6 is 15.9 Å². The normalized spacial score (nSPS) is 16.6. The molecular formula is C21H27BrN2. The van der Waals surface area contributed by atoms with E-state index in [-0.39, 0.29) is 0 Å². The quantitative estimate of drug-likeness (QED) is 0.693. The highest BCUT2D eigenvalue weighted by Crippen LogP contribution is 2.21. The second kappa shape index (κ2) is 8.80. The minimum Gasteiger partial charge on any atom is -0.299 e. The predicted octanol–water partition coefficient (Wildman–Crippen LogP) is 4.94. The first kappa shape index (κ1) is 17.7. The molecule has 0 saturated carbocycles. The van der Waals surface area contributed by atoms with Gasteiger partial charge >= 0.3 is 0 Å². The van der Waals surface area contributed by atoms with Crippen molar-refractivity contribution >= 4 is 15.9 Å². The first-order valence-electron chi connectivity index (χ1n) is 8.99. The Bertz CT molecular complexity index is 603. The fourth-order valence-electron chi connectivity index (χ4n) is 3.61. The van der Waals surface area contributed by atoms with Gasteiger partial charge in [-0.05, 0) is 55.7 Å². The summed E-state index contributed by atoms with van der Waals surface area (Å²) in [6.07, 6.45) is 2.55. The molecule has 0 aromatic heterocycles. The van der Waals surface area contributed by atoms with E-state index in [0.29, 0.717) is 0 Å². The Morgan fingerprint density at radius 3 is 2.25 bits per heavy atom. The first-order chi connectivity index (χ1) is 11.7. The third-order valence-electron chi connectivity index (χ3n) is 5.03. The van der Waals surface area contributed by atoms with E-state index in [2.05, 4.69) is 87.3 Å². The van der Waals surface area contributed by atoms with E-state index in [1.807, 2.05) is 0 Å². The van der Waals surface area contributed by atoms with Gasteiger partial charge in [0.15, 0.2) is 0 Å². The fourth-order valence-corrected chi connectivity index (χ4v) is 3.87. The lowest BCUT2D eigenvalue weighted by atomic mass is 10.0. The molecule has 0 spiro atoms. The summed E-state index contributed by atoms with van der Waals surface area (Å²) < 4.78 is 1.16. The van der Waals surface area contributed by atoms with Gasteiger partial charge in [0.25, 0.3) is 0 Å². The smallest absolute Gasteiger partial charge is 0.0236 e. The number of benzene rings is 2. The summed E-state index contributed by atoms with van der Waals surface area (Å²) in [5, 5.41) is 0. The summed E-state index contributed by atoms with van der Waals surface area (Å²) >= 11 is 3.51. The van der Waals surface area contributed by atoms with Gasteiger partial charge in [-0.3, -0.25) is 9.80 Å². The maximum Gasteiger partial charge on any atom is 0.0236 e. The zero-order valence-corrected chi connectivity index (χ0v) is 16.1. The van der Waals surface area contributed by atoms with Crippen molar-refractivity contribution in [2.75, 3.05) is 19.6 Å². The zero-order chi connectivity index (χ0) is 16.8. The SMILES string of the molecule is CCN(Cc1ccccc1)C1CCN(Cc2ccc(Br)cc2)CC1. The van der Waals surface area contributed by atoms with Gasteiger partial charge in [0.2, 0.25) is 0 Å². The standard InChI is InChI=1S/C21H27BrN2/c1-2-24(17-18-6-4-3-5-7-18)21-12-14-23(15-13-21)16-19-8-10-20(22)11-9-19/h3-11,21H,2,12-17H2,1H3. The Kier molecular flexibility index (Phi) is 6.47. The van der Waals surface area contributed by atoms with Crippen molar-refractivity contribution in [3.05, 3.63) is 70.2 Å². The van der Waals surface area contributed by atoms with Crippen LogP contribution in [0.5, 0.6) is 0 Å². The lowest BCUT2D eigenvalue weighted by Crippen LogP contribution is -2.44. The van der Waals surface area contributed by atoms with E-state index in [1.165, 1.54) is 37.1 Å². The Hall–Kier alpha value is -1.16. The largest absolute Gasteiger partial charge is 0.299 e. The van der Waals surface area contributed by atoms with E-state index in [9.17, 15) is 0 Å². The van der Waals surface area contributed by atoms with E-state index < -0.39 is 0 Å². The number of rotatable bonds is 6. The molecule has 0 aliphatic carbocycles. The molecule has 1 aliphatic rings. The third-order valence-corrected chi connectivity index (χ3v) is 5.56. The van der Waals surface area contributed by atoms with Gasteiger partial charge in [0.05, 0.1) is 0 Å². The third kappa shape index (κ3) is 4.92. The minimum absolute atomic E-state index is 0.719. The molecule has 0 atom stereocenters. The number of nitrogens with zero attached hydrogens (tertiary/aromatic N) is 2. The molecule has 3 rings (SSSR count). The molecular weight excluding hydrogens is 360 g/mol. The van der Waals surface area contributed by atoms with Crippen LogP contribution in [0.1, 0.15) is 30.9 Å². The van der Waals surface area contributed by atoms with Gasteiger partial charge in [-0.1, -0.05) is 65.3 Å². The molecule has 3 heteroatoms. The summed E-state index contributed by atoms with van der Waals surface area (Å²) in [6, 6.07) is 20.3. The van der Waals surface area contributed by atoms with Crippen LogP contribution in [0.3, 0.4) is 0 Å². The lowest BCUT2D eigenvalue weighted by molar-refractivity contribution is 0.103. The Labute approximate surface area is 154 Å². The molecule has 0 amide bonds. The molecule has 2 aromatic rings. The molecule has 1 aliphatic heterocycles. The highest BCUT2D eigenvalue weighted by molar-refractivity contribution is 9.10. The molecule has 1 saturated heterocycles. The maximum atomic E-state index is 3.51. The predicted molar refractivity (Wildman–Crippen MR) is 105 cm³/mol. The Morgan fingerprint density at radius 2 is 1.62 bits per heavy atom. The lowest BCUT2D eigenvalue weighted by Gasteiger charge is -2.38. The van der Waals surface area contributed by atoms with Gasteiger partial charge in [-0.2, -0.15) is 0 Å². The Morgan fingerprint density at radius 1 is 0.958 bits per heavy atom. The molecule has 0 N–H and O–H groups in total. The van der Waals surface area contributed by atoms with Crippen molar-refractivity contribution in [1.82, 2.24) is 9.80 Å². The number of hydrogen-bond acceptors (Lipinski definition) is 2. The van der Waals surface area contributed by atoms with Gasteiger partial charge in [-0.25, -0.2) is 0 Å². The molecule has 1 fully saturated rings. The number of piperidine rings is 1. The minimum atomic E-state index is 0.719. The maximum absolute atomic E-state index is 3.51. The van der Waals surface area contributed by atoms with Crippen molar-refractivity contribution in [3.8, 4) is 0 Å². The molecule has 0 unspecified atom stereocenters. The average Bonchev–Trinajstić information content (AvgIpc) is 2.63. The van der Waals surface area contributed by atoms with Gasteiger partial charge in [-0.15, -0.1) is 0 Å². The van der Waals surface area contributed by atoms with Crippen LogP contribution in [0.2, 0.25) is 0 Å². The Balaban J connectivity index is 1.50. The number of hydrogen-bond donors (Lipinski definition) is 0. The van der Waals surface area contributed by atoms with Crippen LogP contribution in [0.15, 0.2) is 59.1 Å². The van der Waals surface area contributed by atoms with Crippen molar-refractivity contribution in [2.45, 2.75) is 38.9 Å².